The van der Waals surface area contributed by atoms with E-state index >= 15 is 0 Å². The van der Waals surface area contributed by atoms with Crippen molar-refractivity contribution in [1.82, 2.24) is 0 Å². The second kappa shape index (κ2) is 3.65. The van der Waals surface area contributed by atoms with Crippen LogP contribution in [0.4, 0.5) is 5.69 Å². The third-order valence-corrected chi connectivity index (χ3v) is 1.65. The SMILES string of the molecule is O=Cc1ccc(O)c(C=O)c1[N+](=O)[O-]. The van der Waals surface area contributed by atoms with Gasteiger partial charge in [0.2, 0.25) is 0 Å². The molecular weight excluding hydrogens is 190 g/mol. The van der Waals surface area contributed by atoms with Crippen LogP contribution in [0.2, 0.25) is 0 Å². The quantitative estimate of drug-likeness (QED) is 0.439. The third-order valence-electron chi connectivity index (χ3n) is 1.65. The summed E-state index contributed by atoms with van der Waals surface area (Å²) >= 11 is 0. The molecule has 0 saturated carbocycles. The van der Waals surface area contributed by atoms with Gasteiger partial charge in [0.15, 0.2) is 12.6 Å². The van der Waals surface area contributed by atoms with Crippen LogP contribution < -0.4 is 0 Å². The third kappa shape index (κ3) is 1.45. The summed E-state index contributed by atoms with van der Waals surface area (Å²) in [6, 6.07) is 2.13. The van der Waals surface area contributed by atoms with Crippen molar-refractivity contribution in [2.75, 3.05) is 0 Å². The first kappa shape index (κ1) is 9.85. The number of nitrogens with zero attached hydrogens (tertiary/aromatic N) is 1. The number of hydrogen-bond acceptors (Lipinski definition) is 5. The summed E-state index contributed by atoms with van der Waals surface area (Å²) in [7, 11) is 0. The zero-order valence-electron chi connectivity index (χ0n) is 6.84. The molecule has 0 bridgehead atoms. The van der Waals surface area contributed by atoms with E-state index in [1.165, 1.54) is 0 Å². The van der Waals surface area contributed by atoms with Gasteiger partial charge >= 0.3 is 0 Å². The molecule has 0 radical (unpaired) electrons. The molecule has 0 amide bonds. The number of nitro groups is 1. The molecule has 14 heavy (non-hydrogen) atoms. The number of aldehydes is 2. The molecule has 72 valence electrons. The molecule has 0 aliphatic heterocycles. The van der Waals surface area contributed by atoms with Gasteiger partial charge in [0, 0.05) is 0 Å². The fourth-order valence-electron chi connectivity index (χ4n) is 1.03. The van der Waals surface area contributed by atoms with Crippen LogP contribution in [-0.2, 0) is 0 Å². The standard InChI is InChI=1S/C8H5NO5/c10-3-5-1-2-7(12)6(4-11)8(5)9(13)14/h1-4,12H. The van der Waals surface area contributed by atoms with Crippen LogP contribution in [0.25, 0.3) is 0 Å². The summed E-state index contributed by atoms with van der Waals surface area (Å²) in [5.41, 5.74) is -1.40. The second-order valence-corrected chi connectivity index (χ2v) is 2.43. The van der Waals surface area contributed by atoms with Gasteiger partial charge < -0.3 is 5.11 Å². The van der Waals surface area contributed by atoms with Gasteiger partial charge in [-0.05, 0) is 12.1 Å². The van der Waals surface area contributed by atoms with E-state index in [2.05, 4.69) is 0 Å². The highest BCUT2D eigenvalue weighted by Gasteiger charge is 2.22. The van der Waals surface area contributed by atoms with Gasteiger partial charge in [-0.25, -0.2) is 0 Å². The lowest BCUT2D eigenvalue weighted by molar-refractivity contribution is -0.385. The van der Waals surface area contributed by atoms with Gasteiger partial charge in [0.1, 0.15) is 11.3 Å². The zero-order chi connectivity index (χ0) is 10.7. The van der Waals surface area contributed by atoms with E-state index in [1.807, 2.05) is 0 Å². The van der Waals surface area contributed by atoms with E-state index in [0.717, 1.165) is 12.1 Å². The van der Waals surface area contributed by atoms with Crippen LogP contribution in [0.1, 0.15) is 20.7 Å². The number of rotatable bonds is 3. The Bertz CT molecular complexity index is 412. The molecule has 1 N–H and O–H groups in total. The Balaban J connectivity index is 3.59. The molecule has 0 aliphatic rings. The van der Waals surface area contributed by atoms with Crippen molar-refractivity contribution in [1.29, 1.82) is 0 Å². The van der Waals surface area contributed by atoms with E-state index in [1.54, 1.807) is 0 Å². The summed E-state index contributed by atoms with van der Waals surface area (Å²) in [5.74, 6) is -0.516. The molecule has 0 aliphatic carbocycles. The van der Waals surface area contributed by atoms with Crippen LogP contribution >= 0.6 is 0 Å². The maximum absolute atomic E-state index is 10.5. The molecule has 6 heteroatoms. The number of aromatic hydroxyl groups is 1. The van der Waals surface area contributed by atoms with Crippen molar-refractivity contribution < 1.29 is 19.6 Å². The number of carbonyl (C=O) groups is 2. The molecule has 6 nitrogen and oxygen atoms in total. The number of hydrogen-bond donors (Lipinski definition) is 1. The molecule has 0 heterocycles. The van der Waals surface area contributed by atoms with Gasteiger partial charge in [-0.2, -0.15) is 0 Å². The topological polar surface area (TPSA) is 97.5 Å². The number of benzene rings is 1. The number of phenols is 1. The normalized spacial score (nSPS) is 9.43. The molecule has 0 saturated heterocycles. The van der Waals surface area contributed by atoms with E-state index < -0.39 is 21.9 Å². The molecule has 0 aromatic heterocycles. The van der Waals surface area contributed by atoms with Crippen molar-refractivity contribution in [3.63, 3.8) is 0 Å². The lowest BCUT2D eigenvalue weighted by atomic mass is 10.1. The fourth-order valence-corrected chi connectivity index (χ4v) is 1.03. The molecule has 0 atom stereocenters. The number of phenolic OH excluding ortho intramolecular Hbond substituents is 1. The van der Waals surface area contributed by atoms with Crippen LogP contribution in [0.5, 0.6) is 5.75 Å². The van der Waals surface area contributed by atoms with E-state index in [4.69, 9.17) is 5.11 Å². The summed E-state index contributed by atoms with van der Waals surface area (Å²) in [4.78, 5) is 30.5. The molecule has 1 rings (SSSR count). The molecule has 0 fully saturated rings. The largest absolute Gasteiger partial charge is 0.507 e. The first-order chi connectivity index (χ1) is 6.61. The molecular formula is C8H5NO5. The predicted molar refractivity (Wildman–Crippen MR) is 45.5 cm³/mol. The first-order valence-electron chi connectivity index (χ1n) is 3.52. The van der Waals surface area contributed by atoms with E-state index in [-0.39, 0.29) is 18.1 Å². The monoisotopic (exact) mass is 195 g/mol. The van der Waals surface area contributed by atoms with Crippen LogP contribution in [0.3, 0.4) is 0 Å². The minimum atomic E-state index is -0.882. The minimum Gasteiger partial charge on any atom is -0.507 e. The average molecular weight is 195 g/mol. The van der Waals surface area contributed by atoms with Crippen LogP contribution in [0.15, 0.2) is 12.1 Å². The lowest BCUT2D eigenvalue weighted by Crippen LogP contribution is -1.99. The smallest absolute Gasteiger partial charge is 0.294 e. The van der Waals surface area contributed by atoms with E-state index in [9.17, 15) is 19.7 Å². The number of nitro benzene ring substituents is 1. The lowest BCUT2D eigenvalue weighted by Gasteiger charge is -2.00. The minimum absolute atomic E-state index is 0.139. The molecule has 1 aromatic carbocycles. The Morgan fingerprint density at radius 1 is 1.29 bits per heavy atom. The van der Waals surface area contributed by atoms with Gasteiger partial charge in [-0.15, -0.1) is 0 Å². The Morgan fingerprint density at radius 2 is 1.93 bits per heavy atom. The summed E-state index contributed by atoms with van der Waals surface area (Å²) in [6.45, 7) is 0. The fraction of sp³-hybridized carbons (Fsp3) is 0. The molecule has 1 aromatic rings. The van der Waals surface area contributed by atoms with Crippen LogP contribution in [0, 0.1) is 10.1 Å². The second-order valence-electron chi connectivity index (χ2n) is 2.43. The highest BCUT2D eigenvalue weighted by atomic mass is 16.6. The Kier molecular flexibility index (Phi) is 2.57. The van der Waals surface area contributed by atoms with Gasteiger partial charge in [0.25, 0.3) is 5.69 Å². The Hall–Kier alpha value is -2.24. The summed E-state index contributed by atoms with van der Waals surface area (Å²) in [6.07, 6.45) is 0.394. The van der Waals surface area contributed by atoms with Crippen molar-refractivity contribution in [2.45, 2.75) is 0 Å². The molecule has 0 spiro atoms. The zero-order valence-corrected chi connectivity index (χ0v) is 6.84. The first-order valence-corrected chi connectivity index (χ1v) is 3.52. The van der Waals surface area contributed by atoms with Crippen LogP contribution in [-0.4, -0.2) is 22.6 Å². The maximum Gasteiger partial charge on any atom is 0.294 e. The van der Waals surface area contributed by atoms with Gasteiger partial charge in [0.05, 0.1) is 10.5 Å². The molecule has 0 unspecified atom stereocenters. The Morgan fingerprint density at radius 3 is 2.36 bits per heavy atom. The number of carbonyl (C=O) groups excluding carboxylic acids is 2. The average Bonchev–Trinajstić information content (AvgIpc) is 2.17. The highest BCUT2D eigenvalue weighted by Crippen LogP contribution is 2.28. The summed E-state index contributed by atoms with van der Waals surface area (Å²) in [5, 5.41) is 19.6. The van der Waals surface area contributed by atoms with Crippen molar-refractivity contribution in [3.05, 3.63) is 33.4 Å². The maximum atomic E-state index is 10.5. The highest BCUT2D eigenvalue weighted by molar-refractivity contribution is 5.93. The Labute approximate surface area is 77.9 Å². The summed E-state index contributed by atoms with van der Waals surface area (Å²) < 4.78 is 0. The van der Waals surface area contributed by atoms with Crippen molar-refractivity contribution in [2.24, 2.45) is 0 Å². The predicted octanol–water partition coefficient (Wildman–Crippen LogP) is 0.925. The van der Waals surface area contributed by atoms with Crippen molar-refractivity contribution in [3.8, 4) is 5.75 Å². The van der Waals surface area contributed by atoms with Gasteiger partial charge in [-0.3, -0.25) is 19.7 Å². The van der Waals surface area contributed by atoms with Gasteiger partial charge in [-0.1, -0.05) is 0 Å². The van der Waals surface area contributed by atoms with E-state index in [0.29, 0.717) is 0 Å². The van der Waals surface area contributed by atoms with Crippen molar-refractivity contribution >= 4 is 18.3 Å².